The summed E-state index contributed by atoms with van der Waals surface area (Å²) in [6.45, 7) is 1.94. The first-order valence-corrected chi connectivity index (χ1v) is 6.55. The van der Waals surface area contributed by atoms with Gasteiger partial charge < -0.3 is 5.32 Å². The lowest BCUT2D eigenvalue weighted by molar-refractivity contribution is -0.385. The van der Waals surface area contributed by atoms with Crippen molar-refractivity contribution < 1.29 is 9.72 Å². The molecule has 0 aliphatic carbocycles. The summed E-state index contributed by atoms with van der Waals surface area (Å²) in [6, 6.07) is 7.23. The summed E-state index contributed by atoms with van der Waals surface area (Å²) in [5.41, 5.74) is 0.180. The highest BCUT2D eigenvalue weighted by atomic mass is 16.6. The van der Waals surface area contributed by atoms with E-state index < -0.39 is 10.8 Å². The Kier molecular flexibility index (Phi) is 4.62. The fourth-order valence-corrected chi connectivity index (χ4v) is 1.99. The van der Waals surface area contributed by atoms with Gasteiger partial charge in [-0.2, -0.15) is 5.10 Å². The Morgan fingerprint density at radius 3 is 2.82 bits per heavy atom. The standard InChI is InChI=1S/C14H14N4O4/c1-10-11(4-2-5-12(10)18(21)22)14(20)15-8-9-17-13(19)6-3-7-16-17/h2-7H,8-9H2,1H3,(H,15,20). The molecule has 0 spiro atoms. The van der Waals surface area contributed by atoms with E-state index in [0.29, 0.717) is 5.56 Å². The Balaban J connectivity index is 2.04. The lowest BCUT2D eigenvalue weighted by Crippen LogP contribution is -2.31. The molecule has 0 radical (unpaired) electrons. The number of hydrogen-bond acceptors (Lipinski definition) is 5. The molecule has 0 aliphatic heterocycles. The van der Waals surface area contributed by atoms with Gasteiger partial charge in [0.2, 0.25) is 0 Å². The number of hydrogen-bond donors (Lipinski definition) is 1. The Hall–Kier alpha value is -3.03. The highest BCUT2D eigenvalue weighted by molar-refractivity contribution is 5.96. The zero-order valence-corrected chi connectivity index (χ0v) is 11.9. The van der Waals surface area contributed by atoms with E-state index in [0.717, 1.165) is 0 Å². The lowest BCUT2D eigenvalue weighted by Gasteiger charge is -2.08. The maximum absolute atomic E-state index is 12.1. The van der Waals surface area contributed by atoms with Crippen LogP contribution in [0.2, 0.25) is 0 Å². The van der Waals surface area contributed by atoms with Gasteiger partial charge in [-0.25, -0.2) is 4.68 Å². The molecule has 1 amide bonds. The van der Waals surface area contributed by atoms with E-state index in [1.807, 2.05) is 0 Å². The summed E-state index contributed by atoms with van der Waals surface area (Å²) in [5.74, 6) is -0.426. The highest BCUT2D eigenvalue weighted by Gasteiger charge is 2.17. The Labute approximate surface area is 125 Å². The maximum Gasteiger partial charge on any atom is 0.273 e. The SMILES string of the molecule is Cc1c(C(=O)NCCn2ncccc2=O)cccc1[N+](=O)[O-]. The van der Waals surface area contributed by atoms with Crippen molar-refractivity contribution in [3.05, 3.63) is 68.1 Å². The van der Waals surface area contributed by atoms with Crippen molar-refractivity contribution in [2.24, 2.45) is 0 Å². The molecule has 114 valence electrons. The largest absolute Gasteiger partial charge is 0.350 e. The fourth-order valence-electron chi connectivity index (χ4n) is 1.99. The molecular weight excluding hydrogens is 288 g/mol. The Morgan fingerprint density at radius 1 is 1.36 bits per heavy atom. The molecule has 8 heteroatoms. The van der Waals surface area contributed by atoms with Gasteiger partial charge >= 0.3 is 0 Å². The molecule has 1 heterocycles. The van der Waals surface area contributed by atoms with E-state index in [1.54, 1.807) is 0 Å². The molecule has 0 atom stereocenters. The smallest absolute Gasteiger partial charge is 0.273 e. The van der Waals surface area contributed by atoms with Crippen molar-refractivity contribution in [3.63, 3.8) is 0 Å². The molecule has 2 aromatic rings. The van der Waals surface area contributed by atoms with E-state index in [9.17, 15) is 19.7 Å². The number of rotatable bonds is 5. The quantitative estimate of drug-likeness (QED) is 0.652. The van der Waals surface area contributed by atoms with Gasteiger partial charge in [0.05, 0.1) is 11.5 Å². The molecule has 1 N–H and O–H groups in total. The monoisotopic (exact) mass is 302 g/mol. The van der Waals surface area contributed by atoms with Crippen LogP contribution in [-0.2, 0) is 6.54 Å². The fraction of sp³-hybridized carbons (Fsp3) is 0.214. The predicted molar refractivity (Wildman–Crippen MR) is 78.7 cm³/mol. The van der Waals surface area contributed by atoms with E-state index in [4.69, 9.17) is 0 Å². The van der Waals surface area contributed by atoms with E-state index in [1.165, 1.54) is 48.1 Å². The van der Waals surface area contributed by atoms with E-state index in [2.05, 4.69) is 10.4 Å². The third-order valence-corrected chi connectivity index (χ3v) is 3.14. The van der Waals surface area contributed by atoms with Crippen LogP contribution in [0, 0.1) is 17.0 Å². The molecule has 2 rings (SSSR count). The van der Waals surface area contributed by atoms with Gasteiger partial charge in [0.25, 0.3) is 17.2 Å². The second-order valence-corrected chi connectivity index (χ2v) is 4.55. The molecule has 0 saturated heterocycles. The number of nitro benzene ring substituents is 1. The summed E-state index contributed by atoms with van der Waals surface area (Å²) in [6.07, 6.45) is 1.48. The number of benzene rings is 1. The summed E-state index contributed by atoms with van der Waals surface area (Å²) in [5, 5.41) is 17.3. The molecule has 0 unspecified atom stereocenters. The van der Waals surface area contributed by atoms with E-state index in [-0.39, 0.29) is 29.9 Å². The van der Waals surface area contributed by atoms with Crippen molar-refractivity contribution in [1.29, 1.82) is 0 Å². The van der Waals surface area contributed by atoms with Gasteiger partial charge in [-0.05, 0) is 19.1 Å². The molecule has 22 heavy (non-hydrogen) atoms. The van der Waals surface area contributed by atoms with Crippen LogP contribution in [0.15, 0.2) is 41.3 Å². The maximum atomic E-state index is 12.1. The number of carbonyl (C=O) groups excluding carboxylic acids is 1. The van der Waals surface area contributed by atoms with Gasteiger partial charge in [0.1, 0.15) is 0 Å². The Bertz CT molecular complexity index is 769. The molecule has 1 aromatic heterocycles. The van der Waals surface area contributed by atoms with E-state index >= 15 is 0 Å². The molecule has 0 saturated carbocycles. The van der Waals surface area contributed by atoms with Crippen LogP contribution in [0.3, 0.4) is 0 Å². The average molecular weight is 302 g/mol. The summed E-state index contributed by atoms with van der Waals surface area (Å²) < 4.78 is 1.22. The number of aromatic nitrogens is 2. The zero-order valence-electron chi connectivity index (χ0n) is 11.9. The van der Waals surface area contributed by atoms with Crippen molar-refractivity contribution in [3.8, 4) is 0 Å². The third kappa shape index (κ3) is 3.35. The topological polar surface area (TPSA) is 107 Å². The van der Waals surface area contributed by atoms with Crippen LogP contribution in [0.1, 0.15) is 15.9 Å². The van der Waals surface area contributed by atoms with Crippen LogP contribution < -0.4 is 10.9 Å². The van der Waals surface area contributed by atoms with Crippen LogP contribution in [0.5, 0.6) is 0 Å². The molecule has 1 aromatic carbocycles. The number of carbonyl (C=O) groups is 1. The van der Waals surface area contributed by atoms with Crippen molar-refractivity contribution in [1.82, 2.24) is 15.1 Å². The molecular formula is C14H14N4O4. The first-order valence-electron chi connectivity index (χ1n) is 6.55. The van der Waals surface area contributed by atoms with Crippen molar-refractivity contribution >= 4 is 11.6 Å². The van der Waals surface area contributed by atoms with Crippen molar-refractivity contribution in [2.75, 3.05) is 6.54 Å². The molecule has 0 fully saturated rings. The normalized spacial score (nSPS) is 10.2. The second kappa shape index (κ2) is 6.61. The summed E-state index contributed by atoms with van der Waals surface area (Å²) in [7, 11) is 0. The number of nitrogens with zero attached hydrogens (tertiary/aromatic N) is 3. The average Bonchev–Trinajstić information content (AvgIpc) is 2.49. The van der Waals surface area contributed by atoms with Crippen LogP contribution in [0.25, 0.3) is 0 Å². The minimum Gasteiger partial charge on any atom is -0.350 e. The Morgan fingerprint density at radius 2 is 2.14 bits per heavy atom. The van der Waals surface area contributed by atoms with Crippen LogP contribution in [-0.4, -0.2) is 27.2 Å². The first-order chi connectivity index (χ1) is 10.5. The number of amides is 1. The van der Waals surface area contributed by atoms with Gasteiger partial charge in [-0.1, -0.05) is 6.07 Å². The summed E-state index contributed by atoms with van der Waals surface area (Å²) >= 11 is 0. The minimum absolute atomic E-state index is 0.103. The molecule has 8 nitrogen and oxygen atoms in total. The van der Waals surface area contributed by atoms with Gasteiger partial charge in [0, 0.05) is 36.0 Å². The lowest BCUT2D eigenvalue weighted by atomic mass is 10.1. The van der Waals surface area contributed by atoms with Gasteiger partial charge in [0.15, 0.2) is 0 Å². The zero-order chi connectivity index (χ0) is 16.1. The number of nitro groups is 1. The van der Waals surface area contributed by atoms with Crippen LogP contribution in [0.4, 0.5) is 5.69 Å². The second-order valence-electron chi connectivity index (χ2n) is 4.55. The summed E-state index contributed by atoms with van der Waals surface area (Å²) in [4.78, 5) is 33.9. The number of nitrogens with one attached hydrogen (secondary N) is 1. The predicted octanol–water partition coefficient (Wildman–Crippen LogP) is 0.890. The first kappa shape index (κ1) is 15.4. The van der Waals surface area contributed by atoms with Gasteiger partial charge in [-0.15, -0.1) is 0 Å². The minimum atomic E-state index is -0.528. The highest BCUT2D eigenvalue weighted by Crippen LogP contribution is 2.20. The van der Waals surface area contributed by atoms with Gasteiger partial charge in [-0.3, -0.25) is 19.7 Å². The van der Waals surface area contributed by atoms with Crippen molar-refractivity contribution in [2.45, 2.75) is 13.5 Å². The van der Waals surface area contributed by atoms with Crippen LogP contribution >= 0.6 is 0 Å². The third-order valence-electron chi connectivity index (χ3n) is 3.14. The molecule has 0 aliphatic rings. The molecule has 0 bridgehead atoms.